The zero-order valence-electron chi connectivity index (χ0n) is 16.8. The highest BCUT2D eigenvalue weighted by Crippen LogP contribution is 2.36. The lowest BCUT2D eigenvalue weighted by atomic mass is 10.1. The van der Waals surface area contributed by atoms with Gasteiger partial charge in [-0.15, -0.1) is 0 Å². The van der Waals surface area contributed by atoms with Crippen molar-refractivity contribution in [2.75, 3.05) is 0 Å². The monoisotopic (exact) mass is 387 g/mol. The van der Waals surface area contributed by atoms with E-state index in [-0.39, 0.29) is 0 Å². The Morgan fingerprint density at radius 2 is 1.50 bits per heavy atom. The summed E-state index contributed by atoms with van der Waals surface area (Å²) in [5.74, 6) is 0. The van der Waals surface area contributed by atoms with Crippen molar-refractivity contribution in [1.82, 2.24) is 14.3 Å². The van der Waals surface area contributed by atoms with Crippen LogP contribution in [-0.4, -0.2) is 14.3 Å². The summed E-state index contributed by atoms with van der Waals surface area (Å²) in [4.78, 5) is 0. The van der Waals surface area contributed by atoms with E-state index in [1.165, 1.54) is 27.7 Å². The van der Waals surface area contributed by atoms with E-state index in [0.717, 1.165) is 29.2 Å². The lowest BCUT2D eigenvalue weighted by molar-refractivity contribution is 0.877. The van der Waals surface area contributed by atoms with Gasteiger partial charge in [0, 0.05) is 23.0 Å². The maximum absolute atomic E-state index is 5.07. The van der Waals surface area contributed by atoms with Crippen LogP contribution < -0.4 is 0 Å². The SMILES string of the molecule is Cc1ccc(C2=CCn3c(cc4ccccc43)-c3cc(-c4ccccc4)nn32)cc1. The van der Waals surface area contributed by atoms with Gasteiger partial charge in [-0.2, -0.15) is 5.10 Å². The van der Waals surface area contributed by atoms with Crippen molar-refractivity contribution in [3.05, 3.63) is 108 Å². The van der Waals surface area contributed by atoms with E-state index in [4.69, 9.17) is 5.10 Å². The number of fused-ring (bicyclic) bond motifs is 5. The number of benzene rings is 3. The average molecular weight is 387 g/mol. The molecule has 3 heterocycles. The van der Waals surface area contributed by atoms with Gasteiger partial charge in [0.05, 0.1) is 22.8 Å². The van der Waals surface area contributed by atoms with Gasteiger partial charge >= 0.3 is 0 Å². The van der Waals surface area contributed by atoms with E-state index in [1.807, 2.05) is 6.07 Å². The van der Waals surface area contributed by atoms with Crippen molar-refractivity contribution in [2.24, 2.45) is 0 Å². The number of hydrogen-bond donors (Lipinski definition) is 0. The van der Waals surface area contributed by atoms with Gasteiger partial charge in [-0.25, -0.2) is 4.68 Å². The first-order chi connectivity index (χ1) is 14.8. The first-order valence-electron chi connectivity index (χ1n) is 10.3. The third-order valence-electron chi connectivity index (χ3n) is 5.89. The number of aromatic nitrogens is 3. The summed E-state index contributed by atoms with van der Waals surface area (Å²) < 4.78 is 4.50. The summed E-state index contributed by atoms with van der Waals surface area (Å²) in [5.41, 5.74) is 9.25. The van der Waals surface area contributed by atoms with Crippen LogP contribution in [0, 0.1) is 6.92 Å². The average Bonchev–Trinajstić information content (AvgIpc) is 3.34. The van der Waals surface area contributed by atoms with Crippen molar-refractivity contribution in [1.29, 1.82) is 0 Å². The van der Waals surface area contributed by atoms with E-state index >= 15 is 0 Å². The topological polar surface area (TPSA) is 22.8 Å². The molecule has 0 N–H and O–H groups in total. The van der Waals surface area contributed by atoms with Gasteiger partial charge in [-0.05, 0) is 36.8 Å². The van der Waals surface area contributed by atoms with Gasteiger partial charge in [0.2, 0.25) is 0 Å². The molecule has 0 atom stereocenters. The molecule has 0 amide bonds. The third kappa shape index (κ3) is 2.63. The predicted octanol–water partition coefficient (Wildman–Crippen LogP) is 6.38. The van der Waals surface area contributed by atoms with E-state index < -0.39 is 0 Å². The first kappa shape index (κ1) is 17.0. The van der Waals surface area contributed by atoms with Crippen LogP contribution in [0.5, 0.6) is 0 Å². The normalized spacial score (nSPS) is 12.9. The van der Waals surface area contributed by atoms with Crippen molar-refractivity contribution in [3.63, 3.8) is 0 Å². The Labute approximate surface area is 175 Å². The van der Waals surface area contributed by atoms with E-state index in [2.05, 4.69) is 107 Å². The Morgan fingerprint density at radius 3 is 2.33 bits per heavy atom. The molecule has 0 unspecified atom stereocenters. The number of allylic oxidation sites excluding steroid dienone is 1. The summed E-state index contributed by atoms with van der Waals surface area (Å²) in [7, 11) is 0. The zero-order chi connectivity index (χ0) is 20.1. The van der Waals surface area contributed by atoms with Crippen LogP contribution in [0.15, 0.2) is 97.1 Å². The highest BCUT2D eigenvalue weighted by atomic mass is 15.3. The maximum atomic E-state index is 5.07. The molecule has 0 aliphatic carbocycles. The van der Waals surface area contributed by atoms with Gasteiger partial charge in [0.1, 0.15) is 0 Å². The molecule has 30 heavy (non-hydrogen) atoms. The smallest absolute Gasteiger partial charge is 0.0934 e. The third-order valence-corrected chi connectivity index (χ3v) is 5.89. The summed E-state index contributed by atoms with van der Waals surface area (Å²) in [5, 5.41) is 6.32. The molecular weight excluding hydrogens is 366 g/mol. The molecule has 144 valence electrons. The molecule has 1 aliphatic rings. The summed E-state index contributed by atoms with van der Waals surface area (Å²) in [6, 6.07) is 32.2. The summed E-state index contributed by atoms with van der Waals surface area (Å²) in [6.07, 6.45) is 2.29. The molecule has 0 bridgehead atoms. The molecular formula is C27H21N3. The van der Waals surface area contributed by atoms with Crippen molar-refractivity contribution in [2.45, 2.75) is 13.5 Å². The van der Waals surface area contributed by atoms with Crippen LogP contribution in [0.4, 0.5) is 0 Å². The fourth-order valence-corrected chi connectivity index (χ4v) is 4.35. The Morgan fingerprint density at radius 1 is 0.733 bits per heavy atom. The van der Waals surface area contributed by atoms with Crippen molar-refractivity contribution in [3.8, 4) is 22.6 Å². The second kappa shape index (κ2) is 6.60. The molecule has 0 radical (unpaired) electrons. The minimum atomic E-state index is 0.816. The largest absolute Gasteiger partial charge is 0.335 e. The first-order valence-corrected chi connectivity index (χ1v) is 10.3. The van der Waals surface area contributed by atoms with E-state index in [1.54, 1.807) is 0 Å². The molecule has 1 aliphatic heterocycles. The summed E-state index contributed by atoms with van der Waals surface area (Å²) in [6.45, 7) is 2.94. The number of nitrogens with zero attached hydrogens (tertiary/aromatic N) is 3. The van der Waals surface area contributed by atoms with Crippen LogP contribution in [0.25, 0.3) is 39.2 Å². The summed E-state index contributed by atoms with van der Waals surface area (Å²) >= 11 is 0. The number of rotatable bonds is 2. The standard InChI is InChI=1S/C27H21N3/c1-19-11-13-21(14-12-19)25-15-16-29-24-10-6-5-9-22(24)17-26(29)27-18-23(28-30(25)27)20-7-3-2-4-8-20/h2-15,17-18H,16H2,1H3. The van der Waals surface area contributed by atoms with Crippen LogP contribution in [0.2, 0.25) is 0 Å². The molecule has 3 aromatic carbocycles. The van der Waals surface area contributed by atoms with Crippen LogP contribution in [0.1, 0.15) is 11.1 Å². The van der Waals surface area contributed by atoms with E-state index in [0.29, 0.717) is 0 Å². The molecule has 3 nitrogen and oxygen atoms in total. The quantitative estimate of drug-likeness (QED) is 0.344. The number of para-hydroxylation sites is 1. The number of hydrogen-bond acceptors (Lipinski definition) is 1. The van der Waals surface area contributed by atoms with Crippen LogP contribution in [0.3, 0.4) is 0 Å². The minimum absolute atomic E-state index is 0.816. The Kier molecular flexibility index (Phi) is 3.75. The molecule has 0 spiro atoms. The van der Waals surface area contributed by atoms with Crippen molar-refractivity contribution >= 4 is 16.6 Å². The Hall–Kier alpha value is -3.85. The van der Waals surface area contributed by atoms with Crippen LogP contribution >= 0.6 is 0 Å². The highest BCUT2D eigenvalue weighted by molar-refractivity contribution is 5.89. The van der Waals surface area contributed by atoms with Gasteiger partial charge in [0.25, 0.3) is 0 Å². The van der Waals surface area contributed by atoms with Gasteiger partial charge < -0.3 is 4.57 Å². The lowest BCUT2D eigenvalue weighted by Crippen LogP contribution is -2.02. The van der Waals surface area contributed by atoms with Crippen molar-refractivity contribution < 1.29 is 0 Å². The second-order valence-electron chi connectivity index (χ2n) is 7.85. The maximum Gasteiger partial charge on any atom is 0.0934 e. The molecule has 0 saturated heterocycles. The molecule has 2 aromatic heterocycles. The second-order valence-corrected chi connectivity index (χ2v) is 7.85. The van der Waals surface area contributed by atoms with Gasteiger partial charge in [-0.1, -0.05) is 78.4 Å². The number of aryl methyl sites for hydroxylation is 1. The molecule has 6 rings (SSSR count). The Balaban J connectivity index is 1.62. The zero-order valence-corrected chi connectivity index (χ0v) is 16.8. The lowest BCUT2D eigenvalue weighted by Gasteiger charge is -2.10. The molecule has 0 saturated carbocycles. The highest BCUT2D eigenvalue weighted by Gasteiger charge is 2.22. The fraction of sp³-hybridized carbons (Fsp3) is 0.0741. The van der Waals surface area contributed by atoms with E-state index in [9.17, 15) is 0 Å². The molecule has 3 heteroatoms. The van der Waals surface area contributed by atoms with Gasteiger partial charge in [-0.3, -0.25) is 0 Å². The van der Waals surface area contributed by atoms with Gasteiger partial charge in [0.15, 0.2) is 0 Å². The molecule has 0 fully saturated rings. The minimum Gasteiger partial charge on any atom is -0.335 e. The van der Waals surface area contributed by atoms with Crippen LogP contribution in [-0.2, 0) is 6.54 Å². The predicted molar refractivity (Wildman–Crippen MR) is 123 cm³/mol. The Bertz CT molecular complexity index is 1400. The molecule has 5 aromatic rings. The fourth-order valence-electron chi connectivity index (χ4n) is 4.35.